The maximum absolute atomic E-state index is 12.4. The number of nitrogens with zero attached hydrogens (tertiary/aromatic N) is 2. The third-order valence-electron chi connectivity index (χ3n) is 5.44. The maximum atomic E-state index is 12.4. The van der Waals surface area contributed by atoms with Gasteiger partial charge in [0, 0.05) is 24.9 Å². The van der Waals surface area contributed by atoms with Gasteiger partial charge in [0.05, 0.1) is 12.2 Å². The Bertz CT molecular complexity index is 902. The highest BCUT2D eigenvalue weighted by atomic mass is 16.4. The van der Waals surface area contributed by atoms with E-state index in [0.29, 0.717) is 25.3 Å². The molecule has 0 aliphatic carbocycles. The van der Waals surface area contributed by atoms with E-state index in [0.717, 1.165) is 24.4 Å². The van der Waals surface area contributed by atoms with Gasteiger partial charge < -0.3 is 9.73 Å². The number of hydrogen-bond donors (Lipinski definition) is 1. The fraction of sp³-hybridized carbons (Fsp3) is 0.333. The molecule has 1 aliphatic rings. The van der Waals surface area contributed by atoms with E-state index in [2.05, 4.69) is 39.5 Å². The number of benzene rings is 2. The summed E-state index contributed by atoms with van der Waals surface area (Å²) < 4.78 is 5.80. The Kier molecular flexibility index (Phi) is 6.37. The van der Waals surface area contributed by atoms with Crippen molar-refractivity contribution in [2.45, 2.75) is 31.7 Å². The van der Waals surface area contributed by atoms with Gasteiger partial charge in [-0.25, -0.2) is 4.98 Å². The molecule has 2 heterocycles. The number of aromatic nitrogens is 1. The van der Waals surface area contributed by atoms with Crippen molar-refractivity contribution in [3.8, 4) is 11.3 Å². The lowest BCUT2D eigenvalue weighted by Crippen LogP contribution is -2.36. The number of nitrogens with one attached hydrogen (secondary N) is 1. The third-order valence-corrected chi connectivity index (χ3v) is 5.44. The number of amides is 1. The summed E-state index contributed by atoms with van der Waals surface area (Å²) in [6, 6.07) is 20.6. The molecule has 1 fully saturated rings. The van der Waals surface area contributed by atoms with Crippen LogP contribution < -0.4 is 5.32 Å². The highest BCUT2D eigenvalue weighted by Gasteiger charge is 2.23. The van der Waals surface area contributed by atoms with Crippen molar-refractivity contribution in [2.75, 3.05) is 19.6 Å². The van der Waals surface area contributed by atoms with E-state index in [-0.39, 0.29) is 11.9 Å². The first kappa shape index (κ1) is 19.4. The minimum absolute atomic E-state index is 0.0320. The van der Waals surface area contributed by atoms with Crippen LogP contribution in [-0.2, 0) is 11.2 Å². The Balaban J connectivity index is 1.30. The van der Waals surface area contributed by atoms with Gasteiger partial charge in [-0.15, -0.1) is 0 Å². The van der Waals surface area contributed by atoms with E-state index in [1.54, 1.807) is 6.20 Å². The zero-order valence-electron chi connectivity index (χ0n) is 16.6. The van der Waals surface area contributed by atoms with Crippen molar-refractivity contribution < 1.29 is 9.21 Å². The Labute approximate surface area is 171 Å². The quantitative estimate of drug-likeness (QED) is 0.626. The van der Waals surface area contributed by atoms with Crippen LogP contribution in [0.4, 0.5) is 0 Å². The zero-order valence-corrected chi connectivity index (χ0v) is 16.6. The number of aryl methyl sites for hydroxylation is 1. The summed E-state index contributed by atoms with van der Waals surface area (Å²) in [5.41, 5.74) is 2.25. The number of hydrogen-bond acceptors (Lipinski definition) is 4. The number of oxazole rings is 1. The molecule has 29 heavy (non-hydrogen) atoms. The Hall–Kier alpha value is -2.92. The molecular weight excluding hydrogens is 362 g/mol. The van der Waals surface area contributed by atoms with Crippen LogP contribution in [0.5, 0.6) is 0 Å². The molecule has 5 nitrogen and oxygen atoms in total. The summed E-state index contributed by atoms with van der Waals surface area (Å²) >= 11 is 0. The van der Waals surface area contributed by atoms with Crippen LogP contribution in [0.2, 0.25) is 0 Å². The summed E-state index contributed by atoms with van der Waals surface area (Å²) in [6.07, 6.45) is 5.05. The second-order valence-corrected chi connectivity index (χ2v) is 7.46. The Morgan fingerprint density at radius 1 is 1.03 bits per heavy atom. The average Bonchev–Trinajstić information content (AvgIpc) is 3.46. The Morgan fingerprint density at radius 2 is 1.72 bits per heavy atom. The summed E-state index contributed by atoms with van der Waals surface area (Å²) in [5, 5.41) is 3.12. The second kappa shape index (κ2) is 9.52. The maximum Gasteiger partial charge on any atom is 0.220 e. The number of carbonyl (C=O) groups excluding carboxylic acids is 1. The Morgan fingerprint density at radius 3 is 2.45 bits per heavy atom. The highest BCUT2D eigenvalue weighted by molar-refractivity contribution is 5.76. The van der Waals surface area contributed by atoms with E-state index in [1.165, 1.54) is 18.4 Å². The predicted molar refractivity (Wildman–Crippen MR) is 113 cm³/mol. The van der Waals surface area contributed by atoms with Gasteiger partial charge in [0.25, 0.3) is 0 Å². The molecule has 0 saturated carbocycles. The molecule has 1 N–H and O–H groups in total. The predicted octanol–water partition coefficient (Wildman–Crippen LogP) is 4.23. The molecule has 1 amide bonds. The van der Waals surface area contributed by atoms with Crippen LogP contribution in [0.15, 0.2) is 71.3 Å². The molecule has 3 aromatic rings. The normalized spacial score (nSPS) is 15.3. The summed E-state index contributed by atoms with van der Waals surface area (Å²) in [5.74, 6) is 1.36. The van der Waals surface area contributed by atoms with E-state index in [1.807, 2.05) is 36.4 Å². The van der Waals surface area contributed by atoms with Crippen LogP contribution in [0.1, 0.15) is 36.8 Å². The molecule has 4 rings (SSSR count). The number of rotatable bonds is 8. The fourth-order valence-electron chi connectivity index (χ4n) is 3.87. The lowest BCUT2D eigenvalue weighted by molar-refractivity contribution is -0.121. The standard InChI is InChI=1S/C24H27N3O2/c28-23(13-14-24-26-18-22(29-24)20-11-5-2-6-12-20)25-17-21(27-15-7-8-16-27)19-9-3-1-4-10-19/h1-6,9-12,18,21H,7-8,13-17H2,(H,25,28)/t21-/m1/s1. The van der Waals surface area contributed by atoms with Gasteiger partial charge in [-0.2, -0.15) is 0 Å². The van der Waals surface area contributed by atoms with E-state index >= 15 is 0 Å². The molecule has 150 valence electrons. The first-order valence-electron chi connectivity index (χ1n) is 10.4. The molecular formula is C24H27N3O2. The van der Waals surface area contributed by atoms with Crippen LogP contribution in [-0.4, -0.2) is 35.4 Å². The van der Waals surface area contributed by atoms with Crippen molar-refractivity contribution in [3.63, 3.8) is 0 Å². The van der Waals surface area contributed by atoms with Crippen molar-refractivity contribution >= 4 is 5.91 Å². The molecule has 0 unspecified atom stereocenters. The molecule has 0 bridgehead atoms. The first-order chi connectivity index (χ1) is 14.3. The molecule has 0 spiro atoms. The summed E-state index contributed by atoms with van der Waals surface area (Å²) in [4.78, 5) is 19.2. The van der Waals surface area contributed by atoms with Gasteiger partial charge in [-0.3, -0.25) is 9.69 Å². The van der Waals surface area contributed by atoms with Gasteiger partial charge >= 0.3 is 0 Å². The highest BCUT2D eigenvalue weighted by Crippen LogP contribution is 2.24. The van der Waals surface area contributed by atoms with Gasteiger partial charge in [-0.05, 0) is 31.5 Å². The van der Waals surface area contributed by atoms with E-state index in [4.69, 9.17) is 4.42 Å². The van der Waals surface area contributed by atoms with Crippen molar-refractivity contribution in [3.05, 3.63) is 78.3 Å². The van der Waals surface area contributed by atoms with Gasteiger partial charge in [0.1, 0.15) is 0 Å². The summed E-state index contributed by atoms with van der Waals surface area (Å²) in [6.45, 7) is 2.81. The lowest BCUT2D eigenvalue weighted by Gasteiger charge is -2.28. The lowest BCUT2D eigenvalue weighted by atomic mass is 10.1. The van der Waals surface area contributed by atoms with Crippen LogP contribution in [0, 0.1) is 0 Å². The summed E-state index contributed by atoms with van der Waals surface area (Å²) in [7, 11) is 0. The monoisotopic (exact) mass is 389 g/mol. The molecule has 1 aliphatic heterocycles. The number of carbonyl (C=O) groups is 1. The topological polar surface area (TPSA) is 58.4 Å². The minimum atomic E-state index is 0.0320. The second-order valence-electron chi connectivity index (χ2n) is 7.46. The van der Waals surface area contributed by atoms with E-state index < -0.39 is 0 Å². The fourth-order valence-corrected chi connectivity index (χ4v) is 3.87. The van der Waals surface area contributed by atoms with Gasteiger partial charge in [-0.1, -0.05) is 60.7 Å². The average molecular weight is 389 g/mol. The van der Waals surface area contributed by atoms with Crippen LogP contribution in [0.25, 0.3) is 11.3 Å². The molecule has 1 aromatic heterocycles. The van der Waals surface area contributed by atoms with Crippen molar-refractivity contribution in [1.82, 2.24) is 15.2 Å². The van der Waals surface area contributed by atoms with Crippen LogP contribution in [0.3, 0.4) is 0 Å². The van der Waals surface area contributed by atoms with E-state index in [9.17, 15) is 4.79 Å². The molecule has 5 heteroatoms. The van der Waals surface area contributed by atoms with Crippen molar-refractivity contribution in [1.29, 1.82) is 0 Å². The van der Waals surface area contributed by atoms with Gasteiger partial charge in [0.2, 0.25) is 5.91 Å². The van der Waals surface area contributed by atoms with Gasteiger partial charge in [0.15, 0.2) is 11.7 Å². The SMILES string of the molecule is O=C(CCc1ncc(-c2ccccc2)o1)NC[C@H](c1ccccc1)N1CCCC1. The molecule has 0 radical (unpaired) electrons. The molecule has 2 aromatic carbocycles. The zero-order chi connectivity index (χ0) is 19.9. The van der Waals surface area contributed by atoms with Crippen LogP contribution >= 0.6 is 0 Å². The van der Waals surface area contributed by atoms with Crippen molar-refractivity contribution in [2.24, 2.45) is 0 Å². The third kappa shape index (κ3) is 5.12. The first-order valence-corrected chi connectivity index (χ1v) is 10.4. The number of likely N-dealkylation sites (tertiary alicyclic amines) is 1. The minimum Gasteiger partial charge on any atom is -0.441 e. The molecule has 1 atom stereocenters. The molecule has 1 saturated heterocycles. The smallest absolute Gasteiger partial charge is 0.220 e. The largest absolute Gasteiger partial charge is 0.441 e.